The minimum Gasteiger partial charge on any atom is -0.295 e. The number of pyridine rings is 2. The average molecular weight is 795 g/mol. The second kappa shape index (κ2) is 15.5. The highest BCUT2D eigenvalue weighted by molar-refractivity contribution is 6.22. The van der Waals surface area contributed by atoms with Gasteiger partial charge in [0.1, 0.15) is 11.6 Å². The molecule has 0 aliphatic carbocycles. The van der Waals surface area contributed by atoms with Crippen molar-refractivity contribution in [3.8, 4) is 22.3 Å². The Morgan fingerprint density at radius 3 is 1.08 bits per heavy atom. The normalized spacial score (nSPS) is 11.4. The molecule has 0 unspecified atom stereocenters. The summed E-state index contributed by atoms with van der Waals surface area (Å²) in [6.07, 6.45) is 4.18. The summed E-state index contributed by atoms with van der Waals surface area (Å²) in [7, 11) is 0. The molecular weight excluding hydrogens is 753 g/mol. The van der Waals surface area contributed by atoms with Crippen molar-refractivity contribution in [3.05, 3.63) is 230 Å². The third-order valence-electron chi connectivity index (χ3n) is 12.0. The molecule has 4 nitrogen and oxygen atoms in total. The van der Waals surface area contributed by atoms with Crippen molar-refractivity contribution in [2.75, 3.05) is 9.80 Å². The van der Waals surface area contributed by atoms with E-state index >= 15 is 0 Å². The molecular formula is C58H42N4. The number of hydrogen-bond donors (Lipinski definition) is 0. The molecule has 0 saturated heterocycles. The Balaban J connectivity index is 1.21. The van der Waals surface area contributed by atoms with Gasteiger partial charge in [0.15, 0.2) is 0 Å². The standard InChI is InChI=1S/C58H42N4/c1-39-21-25-43(26-22-39)57-51-35-55(61(47-17-5-3-6-18-47)49-31-29-41-13-9-11-15-45(41)33-49)60-38-54(51)58(44-27-23-40(2)24-28-44)52-36-56(59-37-53(52)57)62(48-19-7-4-8-20-48)50-32-30-42-14-10-12-16-46(42)34-50/h3-38H,1-2H3. The van der Waals surface area contributed by atoms with Gasteiger partial charge in [0.2, 0.25) is 0 Å². The van der Waals surface area contributed by atoms with Gasteiger partial charge in [-0.05, 0) is 129 Å². The first-order valence-corrected chi connectivity index (χ1v) is 21.1. The molecule has 4 heteroatoms. The smallest absolute Gasteiger partial charge is 0.138 e. The van der Waals surface area contributed by atoms with Crippen LogP contribution in [-0.4, -0.2) is 9.97 Å². The zero-order valence-corrected chi connectivity index (χ0v) is 34.6. The molecule has 11 rings (SSSR count). The largest absolute Gasteiger partial charge is 0.295 e. The first-order valence-electron chi connectivity index (χ1n) is 21.1. The van der Waals surface area contributed by atoms with Gasteiger partial charge in [-0.2, -0.15) is 0 Å². The van der Waals surface area contributed by atoms with Gasteiger partial charge in [-0.15, -0.1) is 0 Å². The molecule has 0 saturated carbocycles. The zero-order chi connectivity index (χ0) is 41.6. The average Bonchev–Trinajstić information content (AvgIpc) is 3.32. The number of benzene rings is 9. The molecule has 9 aromatic carbocycles. The number of fused-ring (bicyclic) bond motifs is 4. The maximum absolute atomic E-state index is 5.38. The van der Waals surface area contributed by atoms with E-state index in [1.165, 1.54) is 32.7 Å². The van der Waals surface area contributed by atoms with Gasteiger partial charge < -0.3 is 0 Å². The number of anilines is 6. The highest BCUT2D eigenvalue weighted by Crippen LogP contribution is 2.47. The van der Waals surface area contributed by atoms with Crippen LogP contribution in [-0.2, 0) is 0 Å². The van der Waals surface area contributed by atoms with E-state index in [-0.39, 0.29) is 0 Å². The maximum atomic E-state index is 5.38. The Labute approximate surface area is 361 Å². The molecule has 0 radical (unpaired) electrons. The van der Waals surface area contributed by atoms with Crippen molar-refractivity contribution in [3.63, 3.8) is 0 Å². The SMILES string of the molecule is Cc1ccc(-c2c3cnc(N(c4ccccc4)c4ccc5ccccc5c4)cc3c(-c3ccc(C)cc3)c3cnc(N(c4ccccc4)c4ccc5ccccc5c4)cc23)cc1. The van der Waals surface area contributed by atoms with Crippen molar-refractivity contribution in [1.82, 2.24) is 9.97 Å². The molecule has 0 bridgehead atoms. The molecule has 0 N–H and O–H groups in total. The highest BCUT2D eigenvalue weighted by Gasteiger charge is 2.23. The first kappa shape index (κ1) is 37.0. The molecule has 294 valence electrons. The fraction of sp³-hybridized carbons (Fsp3) is 0.0345. The van der Waals surface area contributed by atoms with Crippen LogP contribution in [0.3, 0.4) is 0 Å². The molecule has 2 heterocycles. The molecule has 0 aliphatic heterocycles. The van der Waals surface area contributed by atoms with Crippen molar-refractivity contribution in [1.29, 1.82) is 0 Å². The van der Waals surface area contributed by atoms with Gasteiger partial charge >= 0.3 is 0 Å². The summed E-state index contributed by atoms with van der Waals surface area (Å²) >= 11 is 0. The highest BCUT2D eigenvalue weighted by atomic mass is 15.2. The predicted octanol–water partition coefficient (Wildman–Crippen LogP) is 16.0. The van der Waals surface area contributed by atoms with E-state index in [0.29, 0.717) is 0 Å². The lowest BCUT2D eigenvalue weighted by atomic mass is 9.87. The molecule has 0 aliphatic rings. The number of rotatable bonds is 8. The summed E-state index contributed by atoms with van der Waals surface area (Å²) in [5.74, 6) is 1.66. The van der Waals surface area contributed by atoms with Crippen LogP contribution in [0.25, 0.3) is 65.3 Å². The van der Waals surface area contributed by atoms with E-state index < -0.39 is 0 Å². The van der Waals surface area contributed by atoms with E-state index in [9.17, 15) is 0 Å². The predicted molar refractivity (Wildman–Crippen MR) is 262 cm³/mol. The van der Waals surface area contributed by atoms with Crippen LogP contribution in [0.2, 0.25) is 0 Å². The van der Waals surface area contributed by atoms with Crippen LogP contribution in [0.5, 0.6) is 0 Å². The van der Waals surface area contributed by atoms with E-state index in [1.54, 1.807) is 0 Å². The molecule has 11 aromatic rings. The summed E-state index contributed by atoms with van der Waals surface area (Å²) in [5, 5.41) is 9.10. The second-order valence-corrected chi connectivity index (χ2v) is 16.1. The topological polar surface area (TPSA) is 32.3 Å². The van der Waals surface area contributed by atoms with Gasteiger partial charge in [-0.3, -0.25) is 9.80 Å². The van der Waals surface area contributed by atoms with Crippen LogP contribution >= 0.6 is 0 Å². The number of hydrogen-bond acceptors (Lipinski definition) is 4. The van der Waals surface area contributed by atoms with Gasteiger partial charge in [-0.25, -0.2) is 9.97 Å². The fourth-order valence-corrected chi connectivity index (χ4v) is 8.91. The van der Waals surface area contributed by atoms with Crippen LogP contribution in [0, 0.1) is 13.8 Å². The number of aryl methyl sites for hydroxylation is 2. The summed E-state index contributed by atoms with van der Waals surface area (Å²) < 4.78 is 0. The van der Waals surface area contributed by atoms with Gasteiger partial charge in [0.05, 0.1) is 0 Å². The monoisotopic (exact) mass is 794 g/mol. The van der Waals surface area contributed by atoms with Crippen molar-refractivity contribution < 1.29 is 0 Å². The molecule has 0 spiro atoms. The van der Waals surface area contributed by atoms with Gasteiger partial charge in [-0.1, -0.05) is 157 Å². The number of para-hydroxylation sites is 2. The maximum Gasteiger partial charge on any atom is 0.138 e. The quantitative estimate of drug-likeness (QED) is 0.143. The van der Waals surface area contributed by atoms with Crippen molar-refractivity contribution >= 4 is 77.5 Å². The molecule has 62 heavy (non-hydrogen) atoms. The first-order chi connectivity index (χ1) is 30.6. The van der Waals surface area contributed by atoms with Gasteiger partial charge in [0, 0.05) is 45.9 Å². The lowest BCUT2D eigenvalue weighted by Gasteiger charge is -2.27. The fourth-order valence-electron chi connectivity index (χ4n) is 8.91. The third-order valence-corrected chi connectivity index (χ3v) is 12.0. The summed E-state index contributed by atoms with van der Waals surface area (Å²) in [5.41, 5.74) is 11.1. The van der Waals surface area contributed by atoms with Crippen LogP contribution in [0.1, 0.15) is 11.1 Å². The molecule has 0 atom stereocenters. The third kappa shape index (κ3) is 6.68. The summed E-state index contributed by atoms with van der Waals surface area (Å²) in [4.78, 5) is 15.3. The second-order valence-electron chi connectivity index (χ2n) is 16.1. The summed E-state index contributed by atoms with van der Waals surface area (Å²) in [6, 6.07) is 73.7. The Kier molecular flexibility index (Phi) is 9.24. The Morgan fingerprint density at radius 2 is 0.677 bits per heavy atom. The van der Waals surface area contributed by atoms with Crippen molar-refractivity contribution in [2.24, 2.45) is 0 Å². The van der Waals surface area contributed by atoms with Crippen LogP contribution < -0.4 is 9.80 Å². The Hall–Kier alpha value is -8.08. The van der Waals surface area contributed by atoms with Gasteiger partial charge in [0.25, 0.3) is 0 Å². The number of nitrogens with zero attached hydrogens (tertiary/aromatic N) is 4. The van der Waals surface area contributed by atoms with E-state index in [1.807, 2.05) is 0 Å². The zero-order valence-electron chi connectivity index (χ0n) is 34.6. The van der Waals surface area contributed by atoms with E-state index in [0.717, 1.165) is 78.2 Å². The minimum atomic E-state index is 0.831. The Bertz CT molecular complexity index is 3190. The molecule has 0 amide bonds. The molecule has 2 aromatic heterocycles. The van der Waals surface area contributed by atoms with Crippen LogP contribution in [0.15, 0.2) is 219 Å². The lowest BCUT2D eigenvalue weighted by Crippen LogP contribution is -2.12. The van der Waals surface area contributed by atoms with Crippen LogP contribution in [0.4, 0.5) is 34.4 Å². The van der Waals surface area contributed by atoms with E-state index in [2.05, 4.69) is 242 Å². The van der Waals surface area contributed by atoms with E-state index in [4.69, 9.17) is 9.97 Å². The lowest BCUT2D eigenvalue weighted by molar-refractivity contribution is 1.19. The van der Waals surface area contributed by atoms with Crippen molar-refractivity contribution in [2.45, 2.75) is 13.8 Å². The minimum absolute atomic E-state index is 0.831. The molecule has 0 fully saturated rings. The Morgan fingerprint density at radius 1 is 0.306 bits per heavy atom. The summed E-state index contributed by atoms with van der Waals surface area (Å²) in [6.45, 7) is 4.28. The number of aromatic nitrogens is 2.